The van der Waals surface area contributed by atoms with Crippen LogP contribution in [0, 0.1) is 6.92 Å². The molecular formula is C17H16N2O2. The van der Waals surface area contributed by atoms with Crippen molar-refractivity contribution >= 4 is 10.9 Å². The first-order chi connectivity index (χ1) is 10.1. The number of rotatable bonds is 2. The molecule has 0 amide bonds. The predicted molar refractivity (Wildman–Crippen MR) is 83.1 cm³/mol. The monoisotopic (exact) mass is 280 g/mol. The maximum Gasteiger partial charge on any atom is 0.265 e. The molecule has 3 rings (SSSR count). The number of hydrogen-bond acceptors (Lipinski definition) is 3. The van der Waals surface area contributed by atoms with E-state index in [1.807, 2.05) is 38.1 Å². The van der Waals surface area contributed by atoms with Gasteiger partial charge in [-0.3, -0.25) is 9.36 Å². The Bertz CT molecular complexity index is 864. The summed E-state index contributed by atoms with van der Waals surface area (Å²) in [7, 11) is 0. The molecule has 0 spiro atoms. The van der Waals surface area contributed by atoms with Gasteiger partial charge < -0.3 is 5.11 Å². The smallest absolute Gasteiger partial charge is 0.265 e. The number of aromatic hydroxyl groups is 1. The van der Waals surface area contributed by atoms with E-state index in [1.165, 1.54) is 12.1 Å². The number of fused-ring (bicyclic) bond motifs is 1. The van der Waals surface area contributed by atoms with Gasteiger partial charge in [0, 0.05) is 12.5 Å². The van der Waals surface area contributed by atoms with Crippen molar-refractivity contribution in [3.8, 4) is 11.4 Å². The third-order valence-electron chi connectivity index (χ3n) is 3.53. The highest BCUT2D eigenvalue weighted by atomic mass is 16.3. The number of phenols is 1. The van der Waals surface area contributed by atoms with Crippen LogP contribution in [-0.2, 0) is 6.42 Å². The molecular weight excluding hydrogens is 264 g/mol. The fourth-order valence-electron chi connectivity index (χ4n) is 2.42. The summed E-state index contributed by atoms with van der Waals surface area (Å²) < 4.78 is 1.64. The van der Waals surface area contributed by atoms with Crippen molar-refractivity contribution in [1.82, 2.24) is 9.55 Å². The van der Waals surface area contributed by atoms with E-state index in [4.69, 9.17) is 0 Å². The van der Waals surface area contributed by atoms with Crippen molar-refractivity contribution in [3.63, 3.8) is 0 Å². The van der Waals surface area contributed by atoms with Crippen molar-refractivity contribution in [2.75, 3.05) is 0 Å². The van der Waals surface area contributed by atoms with Crippen LogP contribution in [0.15, 0.2) is 47.3 Å². The quantitative estimate of drug-likeness (QED) is 0.785. The summed E-state index contributed by atoms with van der Waals surface area (Å²) in [4.78, 5) is 17.3. The van der Waals surface area contributed by atoms with E-state index in [0.29, 0.717) is 23.1 Å². The molecule has 4 nitrogen and oxygen atoms in total. The summed E-state index contributed by atoms with van der Waals surface area (Å²) in [5, 5.41) is 10.1. The lowest BCUT2D eigenvalue weighted by Crippen LogP contribution is -2.23. The molecule has 0 radical (unpaired) electrons. The SMILES string of the molecule is CCc1nc2cc(O)ccc2c(=O)n1-c1ccc(C)cc1. The summed E-state index contributed by atoms with van der Waals surface area (Å²) in [6.45, 7) is 3.97. The first-order valence-corrected chi connectivity index (χ1v) is 6.92. The lowest BCUT2D eigenvalue weighted by atomic mass is 10.2. The molecule has 3 aromatic rings. The lowest BCUT2D eigenvalue weighted by molar-refractivity contribution is 0.476. The van der Waals surface area contributed by atoms with Gasteiger partial charge in [0.05, 0.1) is 16.6 Å². The fourth-order valence-corrected chi connectivity index (χ4v) is 2.42. The maximum absolute atomic E-state index is 12.7. The predicted octanol–water partition coefficient (Wildman–Crippen LogP) is 2.96. The second kappa shape index (κ2) is 5.05. The van der Waals surface area contributed by atoms with Crippen molar-refractivity contribution in [2.45, 2.75) is 20.3 Å². The van der Waals surface area contributed by atoms with Gasteiger partial charge in [-0.05, 0) is 31.2 Å². The molecule has 2 aromatic carbocycles. The Labute approximate surface area is 122 Å². The van der Waals surface area contributed by atoms with Crippen LogP contribution >= 0.6 is 0 Å². The summed E-state index contributed by atoms with van der Waals surface area (Å²) in [5.74, 6) is 0.798. The van der Waals surface area contributed by atoms with Gasteiger partial charge in [-0.25, -0.2) is 4.98 Å². The molecule has 0 bridgehead atoms. The molecule has 0 aliphatic carbocycles. The highest BCUT2D eigenvalue weighted by Crippen LogP contribution is 2.18. The van der Waals surface area contributed by atoms with E-state index in [2.05, 4.69) is 4.98 Å². The zero-order valence-corrected chi connectivity index (χ0v) is 12.0. The third-order valence-corrected chi connectivity index (χ3v) is 3.53. The van der Waals surface area contributed by atoms with Gasteiger partial charge in [0.1, 0.15) is 11.6 Å². The Hall–Kier alpha value is -2.62. The zero-order chi connectivity index (χ0) is 15.0. The molecule has 0 unspecified atom stereocenters. The van der Waals surface area contributed by atoms with Gasteiger partial charge in [0.15, 0.2) is 0 Å². The van der Waals surface area contributed by atoms with Crippen LogP contribution in [0.4, 0.5) is 0 Å². The second-order valence-electron chi connectivity index (χ2n) is 5.06. The Morgan fingerprint density at radius 1 is 1.14 bits per heavy atom. The van der Waals surface area contributed by atoms with Crippen LogP contribution in [0.5, 0.6) is 5.75 Å². The molecule has 106 valence electrons. The maximum atomic E-state index is 12.7. The van der Waals surface area contributed by atoms with E-state index in [0.717, 1.165) is 11.3 Å². The van der Waals surface area contributed by atoms with Crippen LogP contribution in [0.25, 0.3) is 16.6 Å². The van der Waals surface area contributed by atoms with Crippen LogP contribution in [0.3, 0.4) is 0 Å². The van der Waals surface area contributed by atoms with Crippen molar-refractivity contribution in [1.29, 1.82) is 0 Å². The van der Waals surface area contributed by atoms with E-state index in [9.17, 15) is 9.90 Å². The minimum absolute atomic E-state index is 0.110. The molecule has 21 heavy (non-hydrogen) atoms. The highest BCUT2D eigenvalue weighted by Gasteiger charge is 2.11. The molecule has 1 aromatic heterocycles. The normalized spacial score (nSPS) is 11.0. The largest absolute Gasteiger partial charge is 0.508 e. The minimum atomic E-state index is -0.110. The molecule has 0 aliphatic heterocycles. The Morgan fingerprint density at radius 2 is 1.86 bits per heavy atom. The van der Waals surface area contributed by atoms with Crippen molar-refractivity contribution in [3.05, 3.63) is 64.2 Å². The van der Waals surface area contributed by atoms with Gasteiger partial charge in [-0.1, -0.05) is 24.6 Å². The number of nitrogens with zero attached hydrogens (tertiary/aromatic N) is 2. The zero-order valence-electron chi connectivity index (χ0n) is 12.0. The Balaban J connectivity index is 2.36. The van der Waals surface area contributed by atoms with Gasteiger partial charge in [-0.2, -0.15) is 0 Å². The average molecular weight is 280 g/mol. The van der Waals surface area contributed by atoms with E-state index in [-0.39, 0.29) is 11.3 Å². The molecule has 0 atom stereocenters. The molecule has 0 aliphatic rings. The van der Waals surface area contributed by atoms with Crippen LogP contribution in [0.1, 0.15) is 18.3 Å². The second-order valence-corrected chi connectivity index (χ2v) is 5.06. The summed E-state index contributed by atoms with van der Waals surface area (Å²) in [6, 6.07) is 12.4. The van der Waals surface area contributed by atoms with E-state index in [1.54, 1.807) is 10.6 Å². The number of phenolic OH excluding ortho intramolecular Hbond substituents is 1. The number of aryl methyl sites for hydroxylation is 2. The van der Waals surface area contributed by atoms with Gasteiger partial charge in [0.25, 0.3) is 5.56 Å². The van der Waals surface area contributed by atoms with Crippen molar-refractivity contribution in [2.24, 2.45) is 0 Å². The minimum Gasteiger partial charge on any atom is -0.508 e. The first kappa shape index (κ1) is 13.4. The summed E-state index contributed by atoms with van der Waals surface area (Å²) in [6.07, 6.45) is 0.634. The average Bonchev–Trinajstić information content (AvgIpc) is 2.48. The number of benzene rings is 2. The van der Waals surface area contributed by atoms with E-state index >= 15 is 0 Å². The standard InChI is InChI=1S/C17H16N2O2/c1-3-16-18-15-10-13(20)8-9-14(15)17(21)19(16)12-6-4-11(2)5-7-12/h4-10,20H,3H2,1-2H3. The number of aromatic nitrogens is 2. The molecule has 1 heterocycles. The Morgan fingerprint density at radius 3 is 2.52 bits per heavy atom. The molecule has 0 fully saturated rings. The molecule has 0 saturated heterocycles. The fraction of sp³-hybridized carbons (Fsp3) is 0.176. The molecule has 0 saturated carbocycles. The third kappa shape index (κ3) is 2.29. The summed E-state index contributed by atoms with van der Waals surface area (Å²) in [5.41, 5.74) is 2.37. The summed E-state index contributed by atoms with van der Waals surface area (Å²) >= 11 is 0. The van der Waals surface area contributed by atoms with Gasteiger partial charge in [0.2, 0.25) is 0 Å². The van der Waals surface area contributed by atoms with E-state index < -0.39 is 0 Å². The topological polar surface area (TPSA) is 55.1 Å². The highest BCUT2D eigenvalue weighted by molar-refractivity contribution is 5.79. The first-order valence-electron chi connectivity index (χ1n) is 6.92. The Kier molecular flexibility index (Phi) is 3.22. The number of hydrogen-bond donors (Lipinski definition) is 1. The van der Waals surface area contributed by atoms with Gasteiger partial charge in [-0.15, -0.1) is 0 Å². The molecule has 4 heteroatoms. The van der Waals surface area contributed by atoms with Crippen LogP contribution in [-0.4, -0.2) is 14.7 Å². The van der Waals surface area contributed by atoms with Crippen LogP contribution in [0.2, 0.25) is 0 Å². The lowest BCUT2D eigenvalue weighted by Gasteiger charge is -2.12. The molecule has 1 N–H and O–H groups in total. The van der Waals surface area contributed by atoms with Crippen LogP contribution < -0.4 is 5.56 Å². The van der Waals surface area contributed by atoms with Gasteiger partial charge >= 0.3 is 0 Å². The van der Waals surface area contributed by atoms with Crippen molar-refractivity contribution < 1.29 is 5.11 Å².